The molecule has 1 fully saturated rings. The molecular weight excluding hydrogens is 212 g/mol. The van der Waals surface area contributed by atoms with Crippen molar-refractivity contribution in [2.45, 2.75) is 66.0 Å². The molecular formula is C15H26O2. The third kappa shape index (κ3) is 2.43. The molecule has 2 rings (SSSR count). The van der Waals surface area contributed by atoms with Crippen LogP contribution in [0.3, 0.4) is 0 Å². The summed E-state index contributed by atoms with van der Waals surface area (Å²) in [5, 5.41) is 0. The molecule has 0 unspecified atom stereocenters. The maximum atomic E-state index is 6.13. The summed E-state index contributed by atoms with van der Waals surface area (Å²) in [6, 6.07) is 0. The summed E-state index contributed by atoms with van der Waals surface area (Å²) in [5.74, 6) is 1.67. The molecule has 0 spiro atoms. The molecule has 0 N–H and O–H groups in total. The zero-order valence-electron chi connectivity index (χ0n) is 12.0. The van der Waals surface area contributed by atoms with Crippen molar-refractivity contribution in [3.8, 4) is 0 Å². The van der Waals surface area contributed by atoms with E-state index in [1.165, 1.54) is 12.0 Å². The average Bonchev–Trinajstić information content (AvgIpc) is 2.38. The van der Waals surface area contributed by atoms with Crippen molar-refractivity contribution in [3.63, 3.8) is 0 Å². The van der Waals surface area contributed by atoms with Crippen molar-refractivity contribution in [2.24, 2.45) is 17.8 Å². The Hall–Kier alpha value is -0.340. The fourth-order valence-corrected chi connectivity index (χ4v) is 3.26. The van der Waals surface area contributed by atoms with Gasteiger partial charge in [-0.05, 0) is 46.0 Å². The minimum Gasteiger partial charge on any atom is -0.346 e. The zero-order chi connectivity index (χ0) is 12.8. The lowest BCUT2D eigenvalue weighted by Crippen LogP contribution is -2.36. The van der Waals surface area contributed by atoms with Gasteiger partial charge >= 0.3 is 0 Å². The number of hydrogen-bond donors (Lipinski definition) is 0. The molecule has 1 heterocycles. The van der Waals surface area contributed by atoms with E-state index in [2.05, 4.69) is 47.6 Å². The Labute approximate surface area is 105 Å². The molecule has 5 atom stereocenters. The highest BCUT2D eigenvalue weighted by atomic mass is 16.7. The van der Waals surface area contributed by atoms with E-state index >= 15 is 0 Å². The molecule has 0 radical (unpaired) electrons. The van der Waals surface area contributed by atoms with Crippen LogP contribution in [-0.4, -0.2) is 18.0 Å². The van der Waals surface area contributed by atoms with E-state index in [-0.39, 0.29) is 18.0 Å². The van der Waals surface area contributed by atoms with E-state index in [0.29, 0.717) is 17.8 Å². The van der Waals surface area contributed by atoms with E-state index in [4.69, 9.17) is 9.47 Å². The van der Waals surface area contributed by atoms with Crippen molar-refractivity contribution in [3.05, 3.63) is 11.6 Å². The Morgan fingerprint density at radius 3 is 2.35 bits per heavy atom. The molecule has 2 heteroatoms. The van der Waals surface area contributed by atoms with Gasteiger partial charge in [0.2, 0.25) is 0 Å². The number of ether oxygens (including phenoxy) is 2. The van der Waals surface area contributed by atoms with Crippen LogP contribution in [0.25, 0.3) is 0 Å². The van der Waals surface area contributed by atoms with Crippen LogP contribution >= 0.6 is 0 Å². The van der Waals surface area contributed by atoms with Crippen LogP contribution in [0.15, 0.2) is 11.6 Å². The van der Waals surface area contributed by atoms with Crippen molar-refractivity contribution in [1.82, 2.24) is 0 Å². The molecule has 17 heavy (non-hydrogen) atoms. The van der Waals surface area contributed by atoms with Gasteiger partial charge in [0, 0.05) is 5.92 Å². The molecule has 1 aliphatic carbocycles. The van der Waals surface area contributed by atoms with Gasteiger partial charge in [0.15, 0.2) is 6.29 Å². The van der Waals surface area contributed by atoms with Crippen LogP contribution in [0.5, 0.6) is 0 Å². The predicted octanol–water partition coefficient (Wildman–Crippen LogP) is 3.76. The minimum absolute atomic E-state index is 0.0330. The lowest BCUT2D eigenvalue weighted by atomic mass is 9.74. The van der Waals surface area contributed by atoms with Gasteiger partial charge in [-0.25, -0.2) is 0 Å². The minimum atomic E-state index is -0.152. The second kappa shape index (κ2) is 4.40. The smallest absolute Gasteiger partial charge is 0.162 e. The summed E-state index contributed by atoms with van der Waals surface area (Å²) in [5.41, 5.74) is 1.35. The fourth-order valence-electron chi connectivity index (χ4n) is 3.26. The Balaban J connectivity index is 2.14. The second-order valence-electron chi connectivity index (χ2n) is 6.50. The van der Waals surface area contributed by atoms with Gasteiger partial charge in [0.05, 0.1) is 11.7 Å². The first kappa shape index (κ1) is 13.1. The van der Waals surface area contributed by atoms with Crippen molar-refractivity contribution < 1.29 is 9.47 Å². The molecule has 0 bridgehead atoms. The first-order valence-electron chi connectivity index (χ1n) is 6.82. The second-order valence-corrected chi connectivity index (χ2v) is 6.50. The molecule has 0 saturated carbocycles. The van der Waals surface area contributed by atoms with Crippen molar-refractivity contribution in [2.75, 3.05) is 0 Å². The van der Waals surface area contributed by atoms with Crippen molar-refractivity contribution in [1.29, 1.82) is 0 Å². The maximum Gasteiger partial charge on any atom is 0.162 e. The van der Waals surface area contributed by atoms with Crippen LogP contribution in [0.2, 0.25) is 0 Å². The van der Waals surface area contributed by atoms with E-state index in [1.54, 1.807) is 0 Å². The van der Waals surface area contributed by atoms with Crippen LogP contribution in [0.4, 0.5) is 0 Å². The molecule has 98 valence electrons. The first-order valence-corrected chi connectivity index (χ1v) is 6.82. The largest absolute Gasteiger partial charge is 0.346 e. The summed E-state index contributed by atoms with van der Waals surface area (Å²) in [4.78, 5) is 0. The Kier molecular flexibility index (Phi) is 3.39. The van der Waals surface area contributed by atoms with E-state index in [1.807, 2.05) is 0 Å². The van der Waals surface area contributed by atoms with Gasteiger partial charge in [0.1, 0.15) is 0 Å². The summed E-state index contributed by atoms with van der Waals surface area (Å²) < 4.78 is 12.2. The maximum absolute atomic E-state index is 6.13. The summed E-state index contributed by atoms with van der Waals surface area (Å²) in [7, 11) is 0. The summed E-state index contributed by atoms with van der Waals surface area (Å²) in [6.07, 6.45) is 3.70. The third-order valence-electron chi connectivity index (χ3n) is 4.51. The molecule has 1 saturated heterocycles. The van der Waals surface area contributed by atoms with Crippen LogP contribution < -0.4 is 0 Å². The highest BCUT2D eigenvalue weighted by molar-refractivity contribution is 5.09. The summed E-state index contributed by atoms with van der Waals surface area (Å²) in [6.45, 7) is 13.2. The van der Waals surface area contributed by atoms with Crippen LogP contribution in [0.1, 0.15) is 48.0 Å². The molecule has 0 aromatic heterocycles. The zero-order valence-corrected chi connectivity index (χ0v) is 12.0. The van der Waals surface area contributed by atoms with Crippen LogP contribution in [-0.2, 0) is 9.47 Å². The van der Waals surface area contributed by atoms with E-state index < -0.39 is 0 Å². The van der Waals surface area contributed by atoms with Gasteiger partial charge < -0.3 is 9.47 Å². The average molecular weight is 238 g/mol. The molecule has 0 aromatic rings. The Bertz CT molecular complexity index is 319. The van der Waals surface area contributed by atoms with Gasteiger partial charge in [0.25, 0.3) is 0 Å². The standard InChI is InChI=1S/C15H26O2/c1-9-7-10(2)13(11(3)8-9)14-16-12(4)15(5,6)17-14/h7,10-14H,8H2,1-6H3/t10-,11+,12+,13+,14+/m1/s1. The molecule has 0 aromatic carbocycles. The number of rotatable bonds is 1. The fraction of sp³-hybridized carbons (Fsp3) is 0.867. The topological polar surface area (TPSA) is 18.5 Å². The predicted molar refractivity (Wildman–Crippen MR) is 69.7 cm³/mol. The number of hydrogen-bond acceptors (Lipinski definition) is 2. The molecule has 2 nitrogen and oxygen atoms in total. The van der Waals surface area contributed by atoms with E-state index in [9.17, 15) is 0 Å². The molecule has 2 aliphatic rings. The lowest BCUT2D eigenvalue weighted by Gasteiger charge is -2.36. The van der Waals surface area contributed by atoms with Gasteiger partial charge in [-0.3, -0.25) is 0 Å². The monoisotopic (exact) mass is 238 g/mol. The third-order valence-corrected chi connectivity index (χ3v) is 4.51. The van der Waals surface area contributed by atoms with Gasteiger partial charge in [-0.2, -0.15) is 0 Å². The Morgan fingerprint density at radius 2 is 1.88 bits per heavy atom. The summed E-state index contributed by atoms with van der Waals surface area (Å²) >= 11 is 0. The molecule has 0 amide bonds. The van der Waals surface area contributed by atoms with Gasteiger partial charge in [-0.15, -0.1) is 0 Å². The van der Waals surface area contributed by atoms with Crippen molar-refractivity contribution >= 4 is 0 Å². The quantitative estimate of drug-likeness (QED) is 0.647. The van der Waals surface area contributed by atoms with Crippen LogP contribution in [0, 0.1) is 17.8 Å². The Morgan fingerprint density at radius 1 is 1.24 bits per heavy atom. The lowest BCUT2D eigenvalue weighted by molar-refractivity contribution is -0.138. The van der Waals surface area contributed by atoms with E-state index in [0.717, 1.165) is 0 Å². The first-order chi connectivity index (χ1) is 7.81. The highest BCUT2D eigenvalue weighted by Crippen LogP contribution is 2.42. The normalized spacial score (nSPS) is 45.8. The SMILES string of the molecule is CC1=C[C@@H](C)[C@H]([C@H]2O[C@@H](C)C(C)(C)O2)[C@@H](C)C1. The van der Waals surface area contributed by atoms with Gasteiger partial charge in [-0.1, -0.05) is 25.5 Å². The highest BCUT2D eigenvalue weighted by Gasteiger charge is 2.46. The number of allylic oxidation sites excluding steroid dienone is 2. The molecule has 1 aliphatic heterocycles.